The molecule has 0 amide bonds. The van der Waals surface area contributed by atoms with Crippen molar-refractivity contribution in [3.63, 3.8) is 0 Å². The van der Waals surface area contributed by atoms with Crippen molar-refractivity contribution in [2.45, 2.75) is 124 Å². The first-order chi connectivity index (χ1) is 14.1. The van der Waals surface area contributed by atoms with Gasteiger partial charge < -0.3 is 4.90 Å². The number of hydrogen-bond donors (Lipinski definition) is 0. The first-order valence-corrected chi connectivity index (χ1v) is 12.7. The van der Waals surface area contributed by atoms with Crippen molar-refractivity contribution in [2.24, 2.45) is 17.3 Å². The van der Waals surface area contributed by atoms with Crippen molar-refractivity contribution in [3.05, 3.63) is 0 Å². The van der Waals surface area contributed by atoms with E-state index < -0.39 is 12.3 Å². The summed E-state index contributed by atoms with van der Waals surface area (Å²) in [6.07, 6.45) is 8.33. The maximum absolute atomic E-state index is 13.4. The van der Waals surface area contributed by atoms with Gasteiger partial charge in [-0.25, -0.2) is 4.90 Å². The summed E-state index contributed by atoms with van der Waals surface area (Å²) >= 11 is 0. The molecule has 178 valence electrons. The molecule has 1 aliphatic heterocycles. The molecule has 0 aromatic rings. The molecule has 1 saturated heterocycles. The van der Waals surface area contributed by atoms with Crippen LogP contribution in [0.3, 0.4) is 0 Å². The first kappa shape index (κ1) is 26.0. The molecule has 0 bridgehead atoms. The summed E-state index contributed by atoms with van der Waals surface area (Å²) in [6, 6.07) is -0.790. The summed E-state index contributed by atoms with van der Waals surface area (Å²) in [4.78, 5) is 3.45. The Labute approximate surface area is 184 Å². The highest BCUT2D eigenvalue weighted by atomic mass is 19.4. The van der Waals surface area contributed by atoms with Gasteiger partial charge in [0.15, 0.2) is 0 Å². The zero-order valence-corrected chi connectivity index (χ0v) is 20.2. The Morgan fingerprint density at radius 1 is 0.900 bits per heavy atom. The van der Waals surface area contributed by atoms with Crippen LogP contribution in [0.2, 0.25) is 0 Å². The lowest BCUT2D eigenvalue weighted by Crippen LogP contribution is -2.53. The van der Waals surface area contributed by atoms with E-state index in [9.17, 15) is 13.2 Å². The molecule has 1 heterocycles. The van der Waals surface area contributed by atoms with Gasteiger partial charge in [-0.15, -0.1) is 0 Å². The van der Waals surface area contributed by atoms with E-state index >= 15 is 0 Å². The van der Waals surface area contributed by atoms with Crippen LogP contribution in [0.5, 0.6) is 0 Å². The van der Waals surface area contributed by atoms with Gasteiger partial charge in [0.1, 0.15) is 0 Å². The van der Waals surface area contributed by atoms with E-state index in [-0.39, 0.29) is 6.04 Å². The van der Waals surface area contributed by atoms with E-state index in [0.717, 1.165) is 42.7 Å². The molecule has 5 heteroatoms. The topological polar surface area (TPSA) is 6.48 Å². The smallest absolute Gasteiger partial charge is 0.303 e. The van der Waals surface area contributed by atoms with Crippen LogP contribution >= 0.6 is 0 Å². The van der Waals surface area contributed by atoms with Crippen molar-refractivity contribution < 1.29 is 13.2 Å². The van der Waals surface area contributed by atoms with Crippen LogP contribution in [0, 0.1) is 17.3 Å². The Balaban J connectivity index is 0.00000101. The maximum atomic E-state index is 13.4. The largest absolute Gasteiger partial charge is 0.460 e. The van der Waals surface area contributed by atoms with E-state index in [0.29, 0.717) is 18.3 Å². The lowest BCUT2D eigenvalue weighted by molar-refractivity contribution is -0.273. The lowest BCUT2D eigenvalue weighted by Gasteiger charge is -2.49. The van der Waals surface area contributed by atoms with Crippen molar-refractivity contribution in [1.29, 1.82) is 0 Å². The van der Waals surface area contributed by atoms with Crippen molar-refractivity contribution >= 4 is 0 Å². The molecule has 2 saturated carbocycles. The monoisotopic (exact) mass is 432 g/mol. The fourth-order valence-electron chi connectivity index (χ4n) is 6.00. The van der Waals surface area contributed by atoms with Gasteiger partial charge in [0.05, 0.1) is 0 Å². The molecule has 30 heavy (non-hydrogen) atoms. The van der Waals surface area contributed by atoms with E-state index in [4.69, 9.17) is 0 Å². The normalized spacial score (nSPS) is 28.6. The summed E-state index contributed by atoms with van der Waals surface area (Å²) in [6.45, 7) is 13.5. The van der Waals surface area contributed by atoms with Gasteiger partial charge in [0.25, 0.3) is 0 Å². The summed E-state index contributed by atoms with van der Waals surface area (Å²) in [5.74, 6) is 1.78. The molecule has 0 unspecified atom stereocenters. The van der Waals surface area contributed by atoms with Gasteiger partial charge in [-0.3, -0.25) is 0 Å². The molecule has 0 radical (unpaired) electrons. The molecule has 2 nitrogen and oxygen atoms in total. The van der Waals surface area contributed by atoms with E-state index in [1.807, 2.05) is 0 Å². The van der Waals surface area contributed by atoms with Crippen molar-refractivity contribution in [2.75, 3.05) is 19.6 Å². The number of rotatable bonds is 4. The van der Waals surface area contributed by atoms with E-state index in [1.54, 1.807) is 13.8 Å². The van der Waals surface area contributed by atoms with Crippen LogP contribution in [-0.4, -0.2) is 47.8 Å². The first-order valence-electron chi connectivity index (χ1n) is 12.7. The summed E-state index contributed by atoms with van der Waals surface area (Å²) in [5.41, 5.74) is 0.322. The predicted molar refractivity (Wildman–Crippen MR) is 120 cm³/mol. The Morgan fingerprint density at radius 2 is 1.40 bits per heavy atom. The van der Waals surface area contributed by atoms with E-state index in [1.165, 1.54) is 51.5 Å². The molecular formula is C25H47F3N2. The minimum Gasteiger partial charge on any atom is -0.303 e. The van der Waals surface area contributed by atoms with Crippen LogP contribution in [-0.2, 0) is 0 Å². The lowest BCUT2D eigenvalue weighted by atomic mass is 9.66. The Kier molecular flexibility index (Phi) is 9.99. The molecule has 1 spiro atoms. The molecule has 2 aliphatic carbocycles. The number of likely N-dealkylation sites (tertiary alicyclic amines) is 1. The standard InChI is InChI=1S/C22H39F3N2.C3H8/c1-17(2)27(22(23,24)25)20-8-10-21(11-9-20)12-14-26(15-13-21)16-19-6-4-18(3)5-7-19;1-3-2/h17-20H,4-16H2,1-3H3;3H2,1-2H3. The molecule has 3 fully saturated rings. The highest BCUT2D eigenvalue weighted by molar-refractivity contribution is 4.94. The number of piperidine rings is 1. The van der Waals surface area contributed by atoms with Gasteiger partial charge in [0.2, 0.25) is 0 Å². The number of alkyl halides is 3. The second-order valence-electron chi connectivity index (χ2n) is 10.8. The molecule has 0 N–H and O–H groups in total. The highest BCUT2D eigenvalue weighted by Crippen LogP contribution is 2.47. The van der Waals surface area contributed by atoms with Crippen LogP contribution in [0.25, 0.3) is 0 Å². The Morgan fingerprint density at radius 3 is 1.83 bits per heavy atom. The second-order valence-corrected chi connectivity index (χ2v) is 10.8. The van der Waals surface area contributed by atoms with Crippen LogP contribution in [0.15, 0.2) is 0 Å². The summed E-state index contributed by atoms with van der Waals surface area (Å²) in [5, 5.41) is 0. The number of hydrogen-bond acceptors (Lipinski definition) is 2. The van der Waals surface area contributed by atoms with Gasteiger partial charge in [0, 0.05) is 18.6 Å². The van der Waals surface area contributed by atoms with Crippen LogP contribution in [0.4, 0.5) is 13.2 Å². The average Bonchev–Trinajstić information content (AvgIpc) is 2.67. The quantitative estimate of drug-likeness (QED) is 0.425. The molecule has 3 rings (SSSR count). The summed E-state index contributed by atoms with van der Waals surface area (Å²) in [7, 11) is 0. The minimum atomic E-state index is -4.20. The average molecular weight is 433 g/mol. The Bertz CT molecular complexity index is 465. The zero-order chi connectivity index (χ0) is 22.4. The van der Waals surface area contributed by atoms with Gasteiger partial charge in [-0.05, 0) is 95.6 Å². The maximum Gasteiger partial charge on any atom is 0.460 e. The third kappa shape index (κ3) is 7.39. The highest BCUT2D eigenvalue weighted by Gasteiger charge is 2.47. The zero-order valence-electron chi connectivity index (χ0n) is 20.2. The van der Waals surface area contributed by atoms with Gasteiger partial charge in [-0.1, -0.05) is 40.0 Å². The third-order valence-corrected chi connectivity index (χ3v) is 7.83. The third-order valence-electron chi connectivity index (χ3n) is 7.83. The summed E-state index contributed by atoms with van der Waals surface area (Å²) < 4.78 is 40.2. The van der Waals surface area contributed by atoms with E-state index in [2.05, 4.69) is 25.7 Å². The molecule has 0 aromatic heterocycles. The minimum absolute atomic E-state index is 0.321. The Hall–Kier alpha value is -0.290. The fourth-order valence-corrected chi connectivity index (χ4v) is 6.00. The predicted octanol–water partition coefficient (Wildman–Crippen LogP) is 7.48. The molecule has 0 atom stereocenters. The van der Waals surface area contributed by atoms with Gasteiger partial charge in [-0.2, -0.15) is 13.2 Å². The van der Waals surface area contributed by atoms with Gasteiger partial charge >= 0.3 is 6.30 Å². The number of halogens is 3. The van der Waals surface area contributed by atoms with Crippen molar-refractivity contribution in [3.8, 4) is 0 Å². The molecule has 3 aliphatic rings. The van der Waals surface area contributed by atoms with Crippen LogP contribution < -0.4 is 0 Å². The SMILES string of the molecule is CC1CCC(CN2CCC3(CCC(N(C(C)C)C(F)(F)F)CC3)CC2)CC1.CCC. The molecular weight excluding hydrogens is 385 g/mol. The van der Waals surface area contributed by atoms with Crippen LogP contribution in [0.1, 0.15) is 105 Å². The fraction of sp³-hybridized carbons (Fsp3) is 1.00. The number of nitrogens with zero attached hydrogens (tertiary/aromatic N) is 2. The van der Waals surface area contributed by atoms with Crippen molar-refractivity contribution in [1.82, 2.24) is 9.80 Å². The second kappa shape index (κ2) is 11.5. The molecule has 0 aromatic carbocycles.